The van der Waals surface area contributed by atoms with Crippen molar-refractivity contribution in [1.82, 2.24) is 9.97 Å². The van der Waals surface area contributed by atoms with Crippen LogP contribution in [0.15, 0.2) is 36.7 Å². The Morgan fingerprint density at radius 2 is 1.63 bits per heavy atom. The number of hydrogen-bond acceptors (Lipinski definition) is 6. The molecule has 0 aliphatic carbocycles. The molecular weight excluding hydrogens is 367 g/mol. The molecule has 2 amide bonds. The second kappa shape index (κ2) is 8.08. The van der Waals surface area contributed by atoms with Gasteiger partial charge in [0.2, 0.25) is 5.95 Å². The van der Waals surface area contributed by atoms with Crippen molar-refractivity contribution in [3.8, 4) is 5.75 Å². The zero-order chi connectivity index (χ0) is 19.3. The Labute approximate surface area is 152 Å². The highest BCUT2D eigenvalue weighted by atomic mass is 19.4. The maximum Gasteiger partial charge on any atom is 0.573 e. The fourth-order valence-corrected chi connectivity index (χ4v) is 2.35. The molecule has 0 spiro atoms. The average Bonchev–Trinajstić information content (AvgIpc) is 2.63. The molecule has 3 rings (SSSR count). The van der Waals surface area contributed by atoms with E-state index in [0.717, 1.165) is 12.1 Å². The lowest BCUT2D eigenvalue weighted by Crippen LogP contribution is -2.37. The molecule has 2 aromatic rings. The van der Waals surface area contributed by atoms with Crippen molar-refractivity contribution >= 4 is 23.4 Å². The molecule has 2 N–H and O–H groups in total. The van der Waals surface area contributed by atoms with Crippen molar-refractivity contribution in [2.45, 2.75) is 6.36 Å². The van der Waals surface area contributed by atoms with Gasteiger partial charge in [-0.3, -0.25) is 0 Å². The molecule has 27 heavy (non-hydrogen) atoms. The molecule has 1 aliphatic heterocycles. The quantitative estimate of drug-likeness (QED) is 0.844. The average molecular weight is 383 g/mol. The number of hydrogen-bond donors (Lipinski definition) is 2. The van der Waals surface area contributed by atoms with E-state index < -0.39 is 12.4 Å². The van der Waals surface area contributed by atoms with Crippen LogP contribution < -0.4 is 20.3 Å². The number of carbonyl (C=O) groups excluding carboxylic acids is 1. The highest BCUT2D eigenvalue weighted by Crippen LogP contribution is 2.24. The molecule has 8 nitrogen and oxygen atoms in total. The van der Waals surface area contributed by atoms with E-state index in [-0.39, 0.29) is 5.75 Å². The minimum absolute atomic E-state index is 0.299. The van der Waals surface area contributed by atoms with Crippen molar-refractivity contribution < 1.29 is 27.4 Å². The Kier molecular flexibility index (Phi) is 5.60. The third kappa shape index (κ3) is 5.71. The molecule has 0 unspecified atom stereocenters. The van der Waals surface area contributed by atoms with Gasteiger partial charge in [0.15, 0.2) is 0 Å². The number of anilines is 3. The number of aromatic nitrogens is 2. The van der Waals surface area contributed by atoms with E-state index in [1.165, 1.54) is 24.5 Å². The van der Waals surface area contributed by atoms with Crippen LogP contribution in [-0.2, 0) is 4.74 Å². The van der Waals surface area contributed by atoms with Gasteiger partial charge in [0.05, 0.1) is 31.3 Å². The van der Waals surface area contributed by atoms with Crippen LogP contribution in [0.4, 0.5) is 35.3 Å². The van der Waals surface area contributed by atoms with Gasteiger partial charge in [-0.15, -0.1) is 13.2 Å². The minimum Gasteiger partial charge on any atom is -0.406 e. The molecule has 0 saturated carbocycles. The van der Waals surface area contributed by atoms with Crippen molar-refractivity contribution in [3.63, 3.8) is 0 Å². The Morgan fingerprint density at radius 3 is 2.22 bits per heavy atom. The van der Waals surface area contributed by atoms with Crippen LogP contribution in [0, 0.1) is 0 Å². The minimum atomic E-state index is -4.76. The topological polar surface area (TPSA) is 88.6 Å². The lowest BCUT2D eigenvalue weighted by atomic mass is 10.3. The molecule has 0 atom stereocenters. The van der Waals surface area contributed by atoms with Gasteiger partial charge in [0.25, 0.3) is 0 Å². The first-order chi connectivity index (χ1) is 12.9. The number of carbonyl (C=O) groups is 1. The molecule has 1 aliphatic rings. The summed E-state index contributed by atoms with van der Waals surface area (Å²) in [7, 11) is 0. The first-order valence-corrected chi connectivity index (χ1v) is 7.98. The molecular formula is C16H16F3N5O3. The summed E-state index contributed by atoms with van der Waals surface area (Å²) >= 11 is 0. The molecule has 11 heteroatoms. The Morgan fingerprint density at radius 1 is 1.04 bits per heavy atom. The highest BCUT2D eigenvalue weighted by Gasteiger charge is 2.30. The number of morpholine rings is 1. The summed E-state index contributed by atoms with van der Waals surface area (Å²) in [4.78, 5) is 22.3. The third-order valence-electron chi connectivity index (χ3n) is 3.54. The van der Waals surface area contributed by atoms with E-state index in [2.05, 4.69) is 25.3 Å². The van der Waals surface area contributed by atoms with E-state index in [4.69, 9.17) is 4.74 Å². The number of urea groups is 1. The Hall–Kier alpha value is -3.08. The van der Waals surface area contributed by atoms with E-state index in [1.807, 2.05) is 4.90 Å². The fraction of sp³-hybridized carbons (Fsp3) is 0.312. The lowest BCUT2D eigenvalue weighted by Gasteiger charge is -2.26. The molecule has 2 heterocycles. The van der Waals surface area contributed by atoms with E-state index >= 15 is 0 Å². The number of amides is 2. The summed E-state index contributed by atoms with van der Waals surface area (Å²) in [6.07, 6.45) is -1.82. The van der Waals surface area contributed by atoms with Gasteiger partial charge in [0, 0.05) is 18.8 Å². The van der Waals surface area contributed by atoms with Gasteiger partial charge in [0.1, 0.15) is 5.75 Å². The van der Waals surface area contributed by atoms with Crippen LogP contribution in [0.3, 0.4) is 0 Å². The van der Waals surface area contributed by atoms with Crippen LogP contribution in [0.2, 0.25) is 0 Å². The van der Waals surface area contributed by atoms with Crippen molar-refractivity contribution in [1.29, 1.82) is 0 Å². The summed E-state index contributed by atoms with van der Waals surface area (Å²) in [6.45, 7) is 2.61. The zero-order valence-electron chi connectivity index (χ0n) is 14.0. The first kappa shape index (κ1) is 18.7. The summed E-state index contributed by atoms with van der Waals surface area (Å²) in [5, 5.41) is 5.03. The smallest absolute Gasteiger partial charge is 0.406 e. The molecule has 144 valence electrons. The summed E-state index contributed by atoms with van der Waals surface area (Å²) < 4.78 is 45.4. The fourth-order valence-electron chi connectivity index (χ4n) is 2.35. The SMILES string of the molecule is O=C(Nc1ccc(OC(F)(F)F)cc1)Nc1cnc(N2CCOCC2)nc1. The van der Waals surface area contributed by atoms with Gasteiger partial charge in [-0.1, -0.05) is 0 Å². The highest BCUT2D eigenvalue weighted by molar-refractivity contribution is 5.99. The number of ether oxygens (including phenoxy) is 2. The van der Waals surface area contributed by atoms with Crippen LogP contribution in [-0.4, -0.2) is 48.7 Å². The van der Waals surface area contributed by atoms with Crippen LogP contribution >= 0.6 is 0 Å². The second-order valence-electron chi connectivity index (χ2n) is 5.52. The first-order valence-electron chi connectivity index (χ1n) is 7.98. The van der Waals surface area contributed by atoms with E-state index in [1.54, 1.807) is 0 Å². The van der Waals surface area contributed by atoms with Crippen LogP contribution in [0.1, 0.15) is 0 Å². The third-order valence-corrected chi connectivity index (χ3v) is 3.54. The van der Waals surface area contributed by atoms with Crippen LogP contribution in [0.5, 0.6) is 5.75 Å². The summed E-state index contributed by atoms with van der Waals surface area (Å²) in [6, 6.07) is 4.20. The number of nitrogens with zero attached hydrogens (tertiary/aromatic N) is 3. The Bertz CT molecular complexity index is 762. The monoisotopic (exact) mass is 383 g/mol. The van der Waals surface area contributed by atoms with Crippen molar-refractivity contribution in [2.75, 3.05) is 41.8 Å². The van der Waals surface area contributed by atoms with Crippen LogP contribution in [0.25, 0.3) is 0 Å². The number of halogens is 3. The van der Waals surface area contributed by atoms with Gasteiger partial charge in [-0.25, -0.2) is 14.8 Å². The number of rotatable bonds is 4. The summed E-state index contributed by atoms with van der Waals surface area (Å²) in [5.74, 6) is 0.171. The van der Waals surface area contributed by atoms with Crippen molar-refractivity contribution in [2.24, 2.45) is 0 Å². The molecule has 1 aromatic carbocycles. The van der Waals surface area contributed by atoms with Gasteiger partial charge in [-0.05, 0) is 24.3 Å². The van der Waals surface area contributed by atoms with Gasteiger partial charge < -0.3 is 25.0 Å². The number of benzene rings is 1. The maximum atomic E-state index is 12.1. The molecule has 0 bridgehead atoms. The van der Waals surface area contributed by atoms with Gasteiger partial charge in [-0.2, -0.15) is 0 Å². The number of nitrogens with one attached hydrogen (secondary N) is 2. The van der Waals surface area contributed by atoms with E-state index in [0.29, 0.717) is 43.6 Å². The van der Waals surface area contributed by atoms with Gasteiger partial charge >= 0.3 is 12.4 Å². The standard InChI is InChI=1S/C16H16F3N5O3/c17-16(18,19)27-13-3-1-11(2-4-13)22-15(25)23-12-9-20-14(21-10-12)24-5-7-26-8-6-24/h1-4,9-10H,5-8H2,(H2,22,23,25). The predicted molar refractivity (Wildman–Crippen MR) is 90.8 cm³/mol. The second-order valence-corrected chi connectivity index (χ2v) is 5.52. The largest absolute Gasteiger partial charge is 0.573 e. The van der Waals surface area contributed by atoms with Crippen molar-refractivity contribution in [3.05, 3.63) is 36.7 Å². The maximum absolute atomic E-state index is 12.1. The molecule has 1 saturated heterocycles. The Balaban J connectivity index is 1.53. The molecule has 0 radical (unpaired) electrons. The normalized spacial score (nSPS) is 14.6. The lowest BCUT2D eigenvalue weighted by molar-refractivity contribution is -0.274. The van der Waals surface area contributed by atoms with E-state index in [9.17, 15) is 18.0 Å². The molecule has 1 fully saturated rings. The number of alkyl halides is 3. The zero-order valence-corrected chi connectivity index (χ0v) is 14.0. The summed E-state index contributed by atoms with van der Waals surface area (Å²) in [5.41, 5.74) is 0.675. The molecule has 1 aromatic heterocycles. The predicted octanol–water partition coefficient (Wildman–Crippen LogP) is 2.86.